The van der Waals surface area contributed by atoms with Crippen LogP contribution in [0, 0.1) is 19.3 Å². The quantitative estimate of drug-likeness (QED) is 0.757. The van der Waals surface area contributed by atoms with Crippen LogP contribution in [0.2, 0.25) is 0 Å². The Morgan fingerprint density at radius 2 is 2.24 bits per heavy atom. The summed E-state index contributed by atoms with van der Waals surface area (Å²) in [6.07, 6.45) is 7.93. The van der Waals surface area contributed by atoms with Crippen LogP contribution in [0.25, 0.3) is 0 Å². The molecular weight excluding hydrogens is 320 g/mol. The summed E-state index contributed by atoms with van der Waals surface area (Å²) in [6.45, 7) is 2.45. The number of hydrogen-bond donors (Lipinski definition) is 1. The smallest absolute Gasteiger partial charge is 0.250 e. The van der Waals surface area contributed by atoms with Gasteiger partial charge in [-0.15, -0.1) is 12.3 Å². The van der Waals surface area contributed by atoms with E-state index in [1.807, 2.05) is 13.0 Å². The molecule has 132 valence electrons. The highest BCUT2D eigenvalue weighted by molar-refractivity contribution is 6.00. The molecule has 2 aliphatic rings. The number of carbonyl (C=O) groups excluding carboxylic acids is 2. The normalized spacial score (nSPS) is 20.6. The van der Waals surface area contributed by atoms with Gasteiger partial charge in [0.25, 0.3) is 5.91 Å². The van der Waals surface area contributed by atoms with Crippen LogP contribution in [-0.2, 0) is 16.6 Å². The lowest BCUT2D eigenvalue weighted by molar-refractivity contribution is -0.126. The second-order valence-electron chi connectivity index (χ2n) is 6.55. The Kier molecular flexibility index (Phi) is 4.57. The summed E-state index contributed by atoms with van der Waals surface area (Å²) in [5, 5.41) is 15.1. The summed E-state index contributed by atoms with van der Waals surface area (Å²) >= 11 is 0. The van der Waals surface area contributed by atoms with Gasteiger partial charge < -0.3 is 5.32 Å². The summed E-state index contributed by atoms with van der Waals surface area (Å²) in [5.41, 5.74) is 0.383. The molecule has 1 N–H and O–H groups in total. The highest BCUT2D eigenvalue weighted by Crippen LogP contribution is 2.37. The van der Waals surface area contributed by atoms with Crippen LogP contribution < -0.4 is 10.2 Å². The van der Waals surface area contributed by atoms with Crippen molar-refractivity contribution in [3.8, 4) is 12.3 Å². The molecule has 1 saturated heterocycles. The number of amides is 2. The van der Waals surface area contributed by atoms with Gasteiger partial charge in [0.15, 0.2) is 5.66 Å². The van der Waals surface area contributed by atoms with Gasteiger partial charge in [-0.05, 0) is 13.3 Å². The molecule has 0 saturated carbocycles. The van der Waals surface area contributed by atoms with Crippen molar-refractivity contribution in [1.29, 1.82) is 0 Å². The van der Waals surface area contributed by atoms with Gasteiger partial charge in [0, 0.05) is 45.3 Å². The summed E-state index contributed by atoms with van der Waals surface area (Å²) in [6, 6.07) is 1.38. The zero-order valence-electron chi connectivity index (χ0n) is 14.5. The molecule has 1 fully saturated rings. The van der Waals surface area contributed by atoms with Gasteiger partial charge >= 0.3 is 0 Å². The number of nitrogens with zero attached hydrogens (tertiary/aromatic N) is 5. The lowest BCUT2D eigenvalue weighted by Gasteiger charge is -2.17. The Morgan fingerprint density at radius 1 is 1.48 bits per heavy atom. The second-order valence-corrected chi connectivity index (χ2v) is 6.55. The van der Waals surface area contributed by atoms with E-state index in [-0.39, 0.29) is 18.2 Å². The van der Waals surface area contributed by atoms with Gasteiger partial charge in [-0.1, -0.05) is 0 Å². The van der Waals surface area contributed by atoms with Crippen LogP contribution in [0.5, 0.6) is 0 Å². The van der Waals surface area contributed by atoms with Crippen molar-refractivity contribution in [2.45, 2.75) is 50.7 Å². The van der Waals surface area contributed by atoms with E-state index in [0.29, 0.717) is 32.2 Å². The molecule has 0 spiro atoms. The predicted molar refractivity (Wildman–Crippen MR) is 91.7 cm³/mol. The van der Waals surface area contributed by atoms with Crippen LogP contribution in [0.3, 0.4) is 0 Å². The SMILES string of the molecule is C#CCCC1(CCC(=O)NC2CCN(c3cc(C)nn3C)C2=O)N=N1. The molecule has 8 heteroatoms. The minimum atomic E-state index is -0.488. The van der Waals surface area contributed by atoms with Crippen LogP contribution in [0.15, 0.2) is 16.3 Å². The number of aromatic nitrogens is 2. The average Bonchev–Trinajstić information content (AvgIpc) is 3.16. The number of hydrogen-bond acceptors (Lipinski definition) is 5. The fraction of sp³-hybridized carbons (Fsp3) is 0.588. The maximum atomic E-state index is 12.6. The molecule has 2 aliphatic heterocycles. The second kappa shape index (κ2) is 6.67. The summed E-state index contributed by atoms with van der Waals surface area (Å²) in [7, 11) is 1.81. The largest absolute Gasteiger partial charge is 0.344 e. The summed E-state index contributed by atoms with van der Waals surface area (Å²) < 4.78 is 1.68. The molecule has 0 radical (unpaired) electrons. The van der Waals surface area contributed by atoms with Gasteiger partial charge in [-0.2, -0.15) is 15.3 Å². The fourth-order valence-corrected chi connectivity index (χ4v) is 3.14. The molecule has 8 nitrogen and oxygen atoms in total. The average molecular weight is 342 g/mol. The van der Waals surface area contributed by atoms with E-state index in [1.54, 1.807) is 16.6 Å². The zero-order valence-corrected chi connectivity index (χ0v) is 14.5. The van der Waals surface area contributed by atoms with Crippen molar-refractivity contribution in [2.24, 2.45) is 17.3 Å². The first kappa shape index (κ1) is 17.1. The van der Waals surface area contributed by atoms with Crippen molar-refractivity contribution in [1.82, 2.24) is 15.1 Å². The Hall–Kier alpha value is -2.69. The Bertz CT molecular complexity index is 754. The maximum Gasteiger partial charge on any atom is 0.250 e. The first-order chi connectivity index (χ1) is 11.9. The Labute approximate surface area is 146 Å². The van der Waals surface area contributed by atoms with Crippen molar-refractivity contribution in [3.63, 3.8) is 0 Å². The highest BCUT2D eigenvalue weighted by Gasteiger charge is 2.40. The number of nitrogens with one attached hydrogen (secondary N) is 1. The van der Waals surface area contributed by atoms with E-state index in [0.717, 1.165) is 11.5 Å². The molecule has 1 unspecified atom stereocenters. The minimum absolute atomic E-state index is 0.0980. The van der Waals surface area contributed by atoms with Gasteiger partial charge in [-0.25, -0.2) is 0 Å². The topological polar surface area (TPSA) is 92.0 Å². The van der Waals surface area contributed by atoms with Crippen LogP contribution in [0.4, 0.5) is 5.82 Å². The molecule has 2 amide bonds. The summed E-state index contributed by atoms with van der Waals surface area (Å²) in [5.74, 6) is 3.07. The number of carbonyl (C=O) groups is 2. The third-order valence-corrected chi connectivity index (χ3v) is 4.60. The van der Waals surface area contributed by atoms with E-state index in [2.05, 4.69) is 26.6 Å². The van der Waals surface area contributed by atoms with Crippen molar-refractivity contribution in [2.75, 3.05) is 11.4 Å². The fourth-order valence-electron chi connectivity index (χ4n) is 3.14. The van der Waals surface area contributed by atoms with Gasteiger partial charge in [0.2, 0.25) is 5.91 Å². The Balaban J connectivity index is 1.50. The molecule has 0 bridgehead atoms. The maximum absolute atomic E-state index is 12.6. The van der Waals surface area contributed by atoms with Crippen LogP contribution >= 0.6 is 0 Å². The third-order valence-electron chi connectivity index (χ3n) is 4.60. The molecule has 3 rings (SSSR count). The molecule has 25 heavy (non-hydrogen) atoms. The molecular formula is C17H22N6O2. The van der Waals surface area contributed by atoms with E-state index in [1.165, 1.54) is 0 Å². The standard InChI is InChI=1S/C17H22N6O2/c1-4-5-8-17(20-21-17)9-6-14(24)18-13-7-10-23(16(13)25)15-11-12(2)19-22(15)3/h1,11,13H,5-10H2,2-3H3,(H,18,24). The third kappa shape index (κ3) is 3.71. The van der Waals surface area contributed by atoms with Gasteiger partial charge in [0.05, 0.1) is 5.69 Å². The van der Waals surface area contributed by atoms with Gasteiger partial charge in [-0.3, -0.25) is 19.2 Å². The van der Waals surface area contributed by atoms with E-state index in [4.69, 9.17) is 6.42 Å². The van der Waals surface area contributed by atoms with Crippen molar-refractivity contribution in [3.05, 3.63) is 11.8 Å². The molecule has 1 atom stereocenters. The molecule has 3 heterocycles. The van der Waals surface area contributed by atoms with Gasteiger partial charge in [0.1, 0.15) is 11.9 Å². The predicted octanol–water partition coefficient (Wildman–Crippen LogP) is 1.31. The van der Waals surface area contributed by atoms with Crippen molar-refractivity contribution < 1.29 is 9.59 Å². The first-order valence-corrected chi connectivity index (χ1v) is 8.43. The minimum Gasteiger partial charge on any atom is -0.344 e. The number of rotatable bonds is 7. The van der Waals surface area contributed by atoms with Crippen LogP contribution in [-0.4, -0.2) is 39.8 Å². The first-order valence-electron chi connectivity index (χ1n) is 8.43. The van der Waals surface area contributed by atoms with Crippen molar-refractivity contribution >= 4 is 17.6 Å². The molecule has 1 aromatic rings. The summed E-state index contributed by atoms with van der Waals surface area (Å²) in [4.78, 5) is 26.4. The zero-order chi connectivity index (χ0) is 18.0. The van der Waals surface area contributed by atoms with E-state index in [9.17, 15) is 9.59 Å². The number of anilines is 1. The molecule has 1 aromatic heterocycles. The number of aryl methyl sites for hydroxylation is 2. The van der Waals surface area contributed by atoms with Crippen LogP contribution in [0.1, 0.15) is 37.8 Å². The lowest BCUT2D eigenvalue weighted by atomic mass is 10.0. The Morgan fingerprint density at radius 3 is 2.84 bits per heavy atom. The van der Waals surface area contributed by atoms with E-state index < -0.39 is 11.7 Å². The highest BCUT2D eigenvalue weighted by atomic mass is 16.2. The molecule has 0 aliphatic carbocycles. The molecule has 0 aromatic carbocycles. The van der Waals surface area contributed by atoms with E-state index >= 15 is 0 Å². The monoisotopic (exact) mass is 342 g/mol. The lowest BCUT2D eigenvalue weighted by Crippen LogP contribution is -2.42. The number of terminal acetylenes is 1.